The molecule has 0 radical (unpaired) electrons. The molecule has 2 aromatic heterocycles. The highest BCUT2D eigenvalue weighted by atomic mass is 16.3. The van der Waals surface area contributed by atoms with Crippen molar-refractivity contribution < 1.29 is 5.11 Å². The van der Waals surface area contributed by atoms with Gasteiger partial charge in [0.15, 0.2) is 5.69 Å². The third-order valence-electron chi connectivity index (χ3n) is 3.65. The van der Waals surface area contributed by atoms with Gasteiger partial charge >= 0.3 is 0 Å². The summed E-state index contributed by atoms with van der Waals surface area (Å²) in [6.45, 7) is 0. The van der Waals surface area contributed by atoms with Crippen molar-refractivity contribution in [1.29, 1.82) is 0 Å². The summed E-state index contributed by atoms with van der Waals surface area (Å²) in [7, 11) is 0. The average molecular weight is 315 g/mol. The molecule has 0 saturated carbocycles. The van der Waals surface area contributed by atoms with Crippen LogP contribution in [0.4, 0.5) is 11.6 Å². The van der Waals surface area contributed by atoms with Crippen LogP contribution in [0.3, 0.4) is 0 Å². The van der Waals surface area contributed by atoms with Crippen LogP contribution in [0.2, 0.25) is 0 Å². The van der Waals surface area contributed by atoms with Crippen LogP contribution in [0.15, 0.2) is 77.2 Å². The smallest absolute Gasteiger partial charge is 0.268 e. The van der Waals surface area contributed by atoms with Gasteiger partial charge in [-0.25, -0.2) is 9.97 Å². The van der Waals surface area contributed by atoms with Gasteiger partial charge in [-0.15, -0.1) is 10.2 Å². The summed E-state index contributed by atoms with van der Waals surface area (Å²) in [5.74, 6) is 0.209. The number of azo groups is 1. The fourth-order valence-electron chi connectivity index (χ4n) is 2.51. The zero-order chi connectivity index (χ0) is 16.4. The molecule has 6 heteroatoms. The van der Waals surface area contributed by atoms with Crippen LogP contribution < -0.4 is 0 Å². The molecule has 4 aromatic rings. The number of fused-ring (bicyclic) bond motifs is 1. The van der Waals surface area contributed by atoms with Gasteiger partial charge in [0, 0.05) is 17.8 Å². The molecule has 0 spiro atoms. The number of aromatic hydroxyl groups is 1. The molecule has 2 heterocycles. The van der Waals surface area contributed by atoms with Crippen LogP contribution in [0, 0.1) is 0 Å². The van der Waals surface area contributed by atoms with Crippen molar-refractivity contribution >= 4 is 22.5 Å². The van der Waals surface area contributed by atoms with Gasteiger partial charge in [0.25, 0.3) is 5.95 Å². The summed E-state index contributed by atoms with van der Waals surface area (Å²) in [4.78, 5) is 10.9. The monoisotopic (exact) mass is 315 g/mol. The van der Waals surface area contributed by atoms with Crippen molar-refractivity contribution in [3.8, 4) is 17.0 Å². The number of aromatic amines is 1. The lowest BCUT2D eigenvalue weighted by Crippen LogP contribution is -1.77. The molecule has 0 unspecified atom stereocenters. The van der Waals surface area contributed by atoms with Crippen molar-refractivity contribution in [2.24, 2.45) is 10.2 Å². The van der Waals surface area contributed by atoms with Gasteiger partial charge in [-0.1, -0.05) is 36.4 Å². The Morgan fingerprint density at radius 2 is 1.62 bits per heavy atom. The number of nitrogens with zero attached hydrogens (tertiary/aromatic N) is 4. The first kappa shape index (κ1) is 14.1. The number of aromatic nitrogens is 3. The molecule has 4 rings (SSSR count). The summed E-state index contributed by atoms with van der Waals surface area (Å²) < 4.78 is 0. The highest BCUT2D eigenvalue weighted by Gasteiger charge is 2.11. The highest BCUT2D eigenvalue weighted by molar-refractivity contribution is 5.96. The molecule has 6 nitrogen and oxygen atoms in total. The first-order valence-corrected chi connectivity index (χ1v) is 7.40. The SMILES string of the molecule is Oc1[nH]c2ccc(-c3ccccc3)cc2c1N=Nc1ncccn1. The lowest BCUT2D eigenvalue weighted by atomic mass is 10.0. The number of nitrogens with one attached hydrogen (secondary N) is 1. The van der Waals surface area contributed by atoms with E-state index < -0.39 is 0 Å². The van der Waals surface area contributed by atoms with Crippen molar-refractivity contribution in [1.82, 2.24) is 15.0 Å². The van der Waals surface area contributed by atoms with Gasteiger partial charge in [0.05, 0.1) is 5.52 Å². The Bertz CT molecular complexity index is 1010. The molecule has 2 N–H and O–H groups in total. The molecule has 0 aliphatic rings. The van der Waals surface area contributed by atoms with Crippen LogP contribution >= 0.6 is 0 Å². The molecule has 116 valence electrons. The average Bonchev–Trinajstić information content (AvgIpc) is 2.96. The van der Waals surface area contributed by atoms with Gasteiger partial charge in [0.2, 0.25) is 5.88 Å². The molecule has 24 heavy (non-hydrogen) atoms. The van der Waals surface area contributed by atoms with Crippen LogP contribution in [-0.4, -0.2) is 20.1 Å². The standard InChI is InChI=1S/C18H13N5O/c24-17-16(22-23-18-19-9-4-10-20-18)14-11-13(7-8-15(14)21-17)12-5-2-1-3-6-12/h1-11,21,24H. The molecule has 0 atom stereocenters. The second-order valence-corrected chi connectivity index (χ2v) is 5.20. The summed E-state index contributed by atoms with van der Waals surface area (Å²) in [5.41, 5.74) is 3.29. The molecule has 0 saturated heterocycles. The van der Waals surface area contributed by atoms with Gasteiger partial charge in [-0.2, -0.15) is 0 Å². The van der Waals surface area contributed by atoms with E-state index in [4.69, 9.17) is 0 Å². The first-order valence-electron chi connectivity index (χ1n) is 7.40. The molecular formula is C18H13N5O. The zero-order valence-corrected chi connectivity index (χ0v) is 12.6. The minimum Gasteiger partial charge on any atom is -0.493 e. The molecule has 0 bridgehead atoms. The quantitative estimate of drug-likeness (QED) is 0.535. The maximum Gasteiger partial charge on any atom is 0.268 e. The van der Waals surface area contributed by atoms with Gasteiger partial charge < -0.3 is 10.1 Å². The Kier molecular flexibility index (Phi) is 3.47. The van der Waals surface area contributed by atoms with E-state index in [2.05, 4.69) is 25.2 Å². The number of rotatable bonds is 3. The van der Waals surface area contributed by atoms with Crippen molar-refractivity contribution in [2.45, 2.75) is 0 Å². The third kappa shape index (κ3) is 2.61. The Hall–Kier alpha value is -3.54. The van der Waals surface area contributed by atoms with E-state index in [0.29, 0.717) is 5.69 Å². The van der Waals surface area contributed by atoms with E-state index >= 15 is 0 Å². The Morgan fingerprint density at radius 1 is 0.833 bits per heavy atom. The van der Waals surface area contributed by atoms with Gasteiger partial charge in [-0.3, -0.25) is 0 Å². The summed E-state index contributed by atoms with van der Waals surface area (Å²) in [5, 5.41) is 19.0. The van der Waals surface area contributed by atoms with E-state index in [-0.39, 0.29) is 11.8 Å². The highest BCUT2D eigenvalue weighted by Crippen LogP contribution is 2.38. The molecule has 0 amide bonds. The van der Waals surface area contributed by atoms with Crippen molar-refractivity contribution in [3.63, 3.8) is 0 Å². The Balaban J connectivity index is 1.80. The topological polar surface area (TPSA) is 86.5 Å². The maximum absolute atomic E-state index is 10.1. The summed E-state index contributed by atoms with van der Waals surface area (Å²) in [6.07, 6.45) is 3.17. The number of benzene rings is 2. The van der Waals surface area contributed by atoms with Crippen molar-refractivity contribution in [2.75, 3.05) is 0 Å². The molecule has 0 aliphatic heterocycles. The fourth-order valence-corrected chi connectivity index (χ4v) is 2.51. The second kappa shape index (κ2) is 5.92. The van der Waals surface area contributed by atoms with Crippen LogP contribution in [0.5, 0.6) is 5.88 Å². The van der Waals surface area contributed by atoms with Crippen molar-refractivity contribution in [3.05, 3.63) is 67.0 Å². The summed E-state index contributed by atoms with van der Waals surface area (Å²) in [6, 6.07) is 17.6. The van der Waals surface area contributed by atoms with Gasteiger partial charge in [0.1, 0.15) is 0 Å². The van der Waals surface area contributed by atoms with Crippen LogP contribution in [0.25, 0.3) is 22.0 Å². The minimum absolute atomic E-state index is 0.0325. The predicted octanol–water partition coefficient (Wildman–Crippen LogP) is 4.75. The Morgan fingerprint density at radius 3 is 2.42 bits per heavy atom. The summed E-state index contributed by atoms with van der Waals surface area (Å²) >= 11 is 0. The molecule has 0 aliphatic carbocycles. The van der Waals surface area contributed by atoms with E-state index in [1.165, 1.54) is 0 Å². The lowest BCUT2D eigenvalue weighted by Gasteiger charge is -2.01. The van der Waals surface area contributed by atoms with E-state index in [0.717, 1.165) is 22.0 Å². The van der Waals surface area contributed by atoms with Crippen LogP contribution in [-0.2, 0) is 0 Å². The number of hydrogen-bond donors (Lipinski definition) is 2. The molecule has 2 aromatic carbocycles. The normalized spacial score (nSPS) is 11.3. The molecule has 0 fully saturated rings. The number of H-pyrrole nitrogens is 1. The lowest BCUT2D eigenvalue weighted by molar-refractivity contribution is 0.459. The zero-order valence-electron chi connectivity index (χ0n) is 12.6. The molecular weight excluding hydrogens is 302 g/mol. The largest absolute Gasteiger partial charge is 0.493 e. The van der Waals surface area contributed by atoms with E-state index in [1.807, 2.05) is 48.5 Å². The Labute approximate surface area is 137 Å². The maximum atomic E-state index is 10.1. The van der Waals surface area contributed by atoms with Crippen LogP contribution in [0.1, 0.15) is 0 Å². The first-order chi connectivity index (χ1) is 11.8. The third-order valence-corrected chi connectivity index (χ3v) is 3.65. The second-order valence-electron chi connectivity index (χ2n) is 5.20. The fraction of sp³-hybridized carbons (Fsp3) is 0. The minimum atomic E-state index is -0.0325. The predicted molar refractivity (Wildman–Crippen MR) is 91.6 cm³/mol. The van der Waals surface area contributed by atoms with E-state index in [1.54, 1.807) is 18.5 Å². The van der Waals surface area contributed by atoms with E-state index in [9.17, 15) is 5.11 Å². The van der Waals surface area contributed by atoms with Gasteiger partial charge in [-0.05, 0) is 29.3 Å². The number of hydrogen-bond acceptors (Lipinski definition) is 5.